The molecule has 0 N–H and O–H groups in total. The Bertz CT molecular complexity index is 2240. The Labute approximate surface area is 210 Å². The Balaban J connectivity index is 1.43. The molecule has 4 heterocycles. The van der Waals surface area contributed by atoms with Crippen molar-refractivity contribution in [1.82, 2.24) is 14.5 Å². The number of fused-ring (bicyclic) bond motifs is 8. The summed E-state index contributed by atoms with van der Waals surface area (Å²) in [6, 6.07) is 35.0. The van der Waals surface area contributed by atoms with Crippen molar-refractivity contribution < 1.29 is 9.15 Å². The lowest BCUT2D eigenvalue weighted by atomic mass is 10.0. The van der Waals surface area contributed by atoms with Crippen LogP contribution in [-0.2, 0) is 0 Å². The van der Waals surface area contributed by atoms with Crippen LogP contribution < -0.4 is 4.74 Å². The quantitative estimate of drug-likeness (QED) is 0.239. The zero-order valence-corrected chi connectivity index (χ0v) is 19.5. The molecule has 1 aliphatic rings. The SMILES string of the molecule is c1ccc2c(c1)Oc1cccc3nc(-n4c5ccccc5c5cc6c(cc54)oc4ccccc46)nc-2c13. The Morgan fingerprint density at radius 3 is 2.35 bits per heavy atom. The molecule has 0 saturated heterocycles. The van der Waals surface area contributed by atoms with E-state index in [9.17, 15) is 0 Å². The van der Waals surface area contributed by atoms with Crippen molar-refractivity contribution >= 4 is 54.6 Å². The molecule has 0 radical (unpaired) electrons. The van der Waals surface area contributed by atoms with Gasteiger partial charge in [-0.25, -0.2) is 9.97 Å². The molecule has 0 saturated carbocycles. The standard InChI is InChI=1S/C32H17N3O2/c1-4-12-24-18(8-1)21-16-22-19-9-2-5-13-26(19)37-29(22)17-25(21)35(24)32-33-23-11-7-15-28-30(23)31(34-32)20-10-3-6-14-27(20)36-28/h1-17H. The van der Waals surface area contributed by atoms with Crippen LogP contribution in [0.15, 0.2) is 108 Å². The van der Waals surface area contributed by atoms with Crippen LogP contribution in [0.1, 0.15) is 0 Å². The molecular formula is C32H17N3O2. The third-order valence-electron chi connectivity index (χ3n) is 7.41. The lowest BCUT2D eigenvalue weighted by Gasteiger charge is -2.20. The van der Waals surface area contributed by atoms with E-state index in [4.69, 9.17) is 19.1 Å². The van der Waals surface area contributed by atoms with Crippen molar-refractivity contribution in [1.29, 1.82) is 0 Å². The summed E-state index contributed by atoms with van der Waals surface area (Å²) >= 11 is 0. The third kappa shape index (κ3) is 2.47. The molecule has 5 heteroatoms. The van der Waals surface area contributed by atoms with Gasteiger partial charge in [0, 0.05) is 33.2 Å². The van der Waals surface area contributed by atoms with Crippen molar-refractivity contribution in [3.8, 4) is 28.7 Å². The third-order valence-corrected chi connectivity index (χ3v) is 7.41. The second kappa shape index (κ2) is 6.74. The Hall–Kier alpha value is -5.16. The van der Waals surface area contributed by atoms with Gasteiger partial charge in [-0.2, -0.15) is 0 Å². The van der Waals surface area contributed by atoms with E-state index in [1.54, 1.807) is 0 Å². The first kappa shape index (κ1) is 19.1. The summed E-state index contributed by atoms with van der Waals surface area (Å²) in [4.78, 5) is 10.2. The average molecular weight is 476 g/mol. The largest absolute Gasteiger partial charge is 0.456 e. The lowest BCUT2D eigenvalue weighted by Crippen LogP contribution is -2.06. The maximum atomic E-state index is 6.26. The van der Waals surface area contributed by atoms with Crippen LogP contribution in [0.2, 0.25) is 0 Å². The molecule has 9 rings (SSSR count). The maximum Gasteiger partial charge on any atom is 0.235 e. The minimum absolute atomic E-state index is 0.623. The molecule has 172 valence electrons. The number of furan rings is 1. The van der Waals surface area contributed by atoms with Gasteiger partial charge in [0.2, 0.25) is 5.95 Å². The molecule has 8 aromatic rings. The van der Waals surface area contributed by atoms with Crippen molar-refractivity contribution in [3.05, 3.63) is 103 Å². The molecule has 0 fully saturated rings. The number of hydrogen-bond donors (Lipinski definition) is 0. The van der Waals surface area contributed by atoms with Gasteiger partial charge in [0.15, 0.2) is 0 Å². The van der Waals surface area contributed by atoms with Gasteiger partial charge in [0.05, 0.1) is 27.6 Å². The van der Waals surface area contributed by atoms with E-state index in [0.717, 1.165) is 77.4 Å². The zero-order valence-electron chi connectivity index (χ0n) is 19.5. The minimum Gasteiger partial charge on any atom is -0.456 e. The number of aromatic nitrogens is 3. The molecule has 0 amide bonds. The van der Waals surface area contributed by atoms with Crippen molar-refractivity contribution in [2.45, 2.75) is 0 Å². The van der Waals surface area contributed by atoms with E-state index in [2.05, 4.69) is 59.2 Å². The number of hydrogen-bond acceptors (Lipinski definition) is 4. The Kier molecular flexibility index (Phi) is 3.47. The topological polar surface area (TPSA) is 53.1 Å². The highest BCUT2D eigenvalue weighted by Gasteiger charge is 2.24. The molecule has 0 atom stereocenters. The van der Waals surface area contributed by atoms with E-state index < -0.39 is 0 Å². The molecule has 0 aliphatic carbocycles. The molecule has 0 spiro atoms. The number of para-hydroxylation sites is 3. The fourth-order valence-corrected chi connectivity index (χ4v) is 5.79. The normalized spacial score (nSPS) is 12.5. The van der Waals surface area contributed by atoms with Gasteiger partial charge in [0.25, 0.3) is 0 Å². The van der Waals surface area contributed by atoms with Crippen molar-refractivity contribution in [2.75, 3.05) is 0 Å². The fraction of sp³-hybridized carbons (Fsp3) is 0. The number of ether oxygens (including phenoxy) is 1. The molecule has 0 unspecified atom stereocenters. The Morgan fingerprint density at radius 2 is 1.38 bits per heavy atom. The Morgan fingerprint density at radius 1 is 0.568 bits per heavy atom. The predicted octanol–water partition coefficient (Wildman–Crippen LogP) is 8.40. The van der Waals surface area contributed by atoms with Crippen molar-refractivity contribution in [2.24, 2.45) is 0 Å². The molecule has 0 bridgehead atoms. The molecule has 5 nitrogen and oxygen atoms in total. The predicted molar refractivity (Wildman–Crippen MR) is 147 cm³/mol. The van der Waals surface area contributed by atoms with E-state index in [-0.39, 0.29) is 0 Å². The van der Waals surface area contributed by atoms with Gasteiger partial charge >= 0.3 is 0 Å². The first-order valence-electron chi connectivity index (χ1n) is 12.3. The molecule has 5 aromatic carbocycles. The lowest BCUT2D eigenvalue weighted by molar-refractivity contribution is 0.486. The van der Waals surface area contributed by atoms with E-state index >= 15 is 0 Å². The van der Waals surface area contributed by atoms with E-state index in [1.807, 2.05) is 48.5 Å². The van der Waals surface area contributed by atoms with Crippen LogP contribution >= 0.6 is 0 Å². The van der Waals surface area contributed by atoms with Crippen LogP contribution in [0.3, 0.4) is 0 Å². The monoisotopic (exact) mass is 475 g/mol. The number of rotatable bonds is 1. The minimum atomic E-state index is 0.623. The summed E-state index contributed by atoms with van der Waals surface area (Å²) in [5.41, 5.74) is 6.50. The van der Waals surface area contributed by atoms with Gasteiger partial charge < -0.3 is 9.15 Å². The summed E-state index contributed by atoms with van der Waals surface area (Å²) in [6.07, 6.45) is 0. The zero-order chi connectivity index (χ0) is 24.1. The highest BCUT2D eigenvalue weighted by Crippen LogP contribution is 2.45. The second-order valence-corrected chi connectivity index (χ2v) is 9.44. The summed E-state index contributed by atoms with van der Waals surface area (Å²) < 4.78 is 14.6. The number of benzene rings is 5. The van der Waals surface area contributed by atoms with Gasteiger partial charge in [-0.05, 0) is 42.5 Å². The van der Waals surface area contributed by atoms with Crippen LogP contribution in [0.4, 0.5) is 0 Å². The van der Waals surface area contributed by atoms with Gasteiger partial charge in [-0.1, -0.05) is 54.6 Å². The molecule has 3 aromatic heterocycles. The first-order chi connectivity index (χ1) is 18.3. The van der Waals surface area contributed by atoms with Crippen LogP contribution in [0.5, 0.6) is 11.5 Å². The second-order valence-electron chi connectivity index (χ2n) is 9.44. The molecular weight excluding hydrogens is 458 g/mol. The van der Waals surface area contributed by atoms with Gasteiger partial charge in [0.1, 0.15) is 22.7 Å². The van der Waals surface area contributed by atoms with Gasteiger partial charge in [-0.3, -0.25) is 4.57 Å². The highest BCUT2D eigenvalue weighted by molar-refractivity contribution is 6.17. The summed E-state index contributed by atoms with van der Waals surface area (Å²) in [6.45, 7) is 0. The fourth-order valence-electron chi connectivity index (χ4n) is 5.79. The van der Waals surface area contributed by atoms with Crippen molar-refractivity contribution in [3.63, 3.8) is 0 Å². The van der Waals surface area contributed by atoms with E-state index in [0.29, 0.717) is 5.95 Å². The van der Waals surface area contributed by atoms with Crippen LogP contribution in [0.25, 0.3) is 71.9 Å². The first-order valence-corrected chi connectivity index (χ1v) is 12.3. The van der Waals surface area contributed by atoms with E-state index in [1.165, 1.54) is 0 Å². The smallest absolute Gasteiger partial charge is 0.235 e. The summed E-state index contributed by atoms with van der Waals surface area (Å²) in [7, 11) is 0. The highest BCUT2D eigenvalue weighted by atomic mass is 16.5. The average Bonchev–Trinajstić information content (AvgIpc) is 3.46. The molecule has 37 heavy (non-hydrogen) atoms. The summed E-state index contributed by atoms with van der Waals surface area (Å²) in [5, 5.41) is 5.46. The molecule has 1 aliphatic heterocycles. The number of nitrogens with zero attached hydrogens (tertiary/aromatic N) is 3. The summed E-state index contributed by atoms with van der Waals surface area (Å²) in [5.74, 6) is 2.21. The van der Waals surface area contributed by atoms with Crippen LogP contribution in [-0.4, -0.2) is 14.5 Å². The van der Waals surface area contributed by atoms with Gasteiger partial charge in [-0.15, -0.1) is 0 Å². The maximum absolute atomic E-state index is 6.26. The van der Waals surface area contributed by atoms with Crippen LogP contribution in [0, 0.1) is 0 Å².